The summed E-state index contributed by atoms with van der Waals surface area (Å²) in [5, 5.41) is 14.8. The molecule has 7 aromatic rings. The van der Waals surface area contributed by atoms with E-state index in [0.29, 0.717) is 17.1 Å². The molecule has 7 rings (SSSR count). The van der Waals surface area contributed by atoms with Crippen LogP contribution in [0.4, 0.5) is 11.4 Å². The minimum atomic E-state index is -0.174. The summed E-state index contributed by atoms with van der Waals surface area (Å²) in [6, 6.07) is 40.4. The maximum atomic E-state index is 11.4. The number of phenols is 1. The zero-order valence-electron chi connectivity index (χ0n) is 35.6. The molecule has 0 aliphatic heterocycles. The van der Waals surface area contributed by atoms with Crippen LogP contribution in [0.15, 0.2) is 122 Å². The Morgan fingerprint density at radius 1 is 0.729 bits per heavy atom. The van der Waals surface area contributed by atoms with Crippen molar-refractivity contribution in [3.8, 4) is 45.2 Å². The van der Waals surface area contributed by atoms with Crippen molar-refractivity contribution < 1.29 is 26.2 Å². The third-order valence-corrected chi connectivity index (χ3v) is 10.7. The van der Waals surface area contributed by atoms with E-state index in [1.165, 1.54) is 11.1 Å². The third kappa shape index (κ3) is 9.12. The first-order chi connectivity index (χ1) is 27.4. The number of fused-ring (bicyclic) bond motifs is 1. The van der Waals surface area contributed by atoms with Gasteiger partial charge >= 0.3 is 0 Å². The molecule has 7 heteroatoms. The number of benzene rings is 5. The monoisotopic (exact) mass is 957 g/mol. The van der Waals surface area contributed by atoms with Crippen molar-refractivity contribution in [2.45, 2.75) is 85.5 Å². The molecule has 0 atom stereocenters. The SMILES string of the molecule is [C-]#[N+]c1ccc(O)c(-c2nc3c(-c4[c-]c(-c5cc(/C(C)=C\Nc6ccccc6)ccn5)cc(C(C)(C)C)c4)cccc3n2-c2cc(C(C)(C)C)cc(C(C)(C)C)c2)c1.[Pt]. The van der Waals surface area contributed by atoms with Crippen LogP contribution in [0.3, 0.4) is 0 Å². The number of allylic oxidation sites excluding steroid dienone is 1. The van der Waals surface area contributed by atoms with Gasteiger partial charge in [-0.3, -0.25) is 9.55 Å². The second kappa shape index (κ2) is 16.5. The van der Waals surface area contributed by atoms with Crippen LogP contribution in [0.1, 0.15) is 91.5 Å². The Labute approximate surface area is 364 Å². The Balaban J connectivity index is 0.00000585. The van der Waals surface area contributed by atoms with Gasteiger partial charge in [0.1, 0.15) is 11.6 Å². The number of rotatable bonds is 7. The number of hydrogen-bond acceptors (Lipinski definition) is 4. The molecule has 0 spiro atoms. The van der Waals surface area contributed by atoms with Crippen LogP contribution in [0.5, 0.6) is 5.75 Å². The Morgan fingerprint density at radius 2 is 1.37 bits per heavy atom. The van der Waals surface area contributed by atoms with Crippen LogP contribution < -0.4 is 5.32 Å². The van der Waals surface area contributed by atoms with Crippen LogP contribution in [0.2, 0.25) is 0 Å². The molecule has 2 heterocycles. The molecule has 2 N–H and O–H groups in total. The fourth-order valence-electron chi connectivity index (χ4n) is 7.06. The van der Waals surface area contributed by atoms with Crippen LogP contribution in [-0.4, -0.2) is 19.6 Å². The number of nitrogens with zero attached hydrogens (tertiary/aromatic N) is 4. The molecule has 0 saturated heterocycles. The fraction of sp³-hybridized carbons (Fsp3) is 0.250. The molecule has 2 aromatic heterocycles. The number of phenolic OH excluding ortho intramolecular Hbond substituents is 1. The predicted octanol–water partition coefficient (Wildman–Crippen LogP) is 13.8. The van der Waals surface area contributed by atoms with Gasteiger partial charge < -0.3 is 10.4 Å². The standard InChI is InChI=1S/C52H52N5O.Pt/c1-33(32-55-40-16-13-12-14-17-40)34-22-23-54-45(27-34)36-24-35(25-37(26-36)50(2,3)4)43-18-15-19-46-48(43)56-49(44-31-41(53-11)20-21-47(44)58)57(46)42-29-38(51(5,6)7)28-39(30-42)52(8,9)10;/h12-23,25-32,55,58H,1-10H3;/q-1;/b33-32-;. The molecule has 6 nitrogen and oxygen atoms in total. The summed E-state index contributed by atoms with van der Waals surface area (Å²) in [6.45, 7) is 29.9. The van der Waals surface area contributed by atoms with Crippen LogP contribution >= 0.6 is 0 Å². The Kier molecular flexibility index (Phi) is 12.0. The topological polar surface area (TPSA) is 67.3 Å². The molecule has 302 valence electrons. The molecule has 0 bridgehead atoms. The number of imidazole rings is 1. The summed E-state index contributed by atoms with van der Waals surface area (Å²) in [7, 11) is 0. The van der Waals surface area contributed by atoms with E-state index in [1.54, 1.807) is 18.2 Å². The van der Waals surface area contributed by atoms with Crippen molar-refractivity contribution in [3.63, 3.8) is 0 Å². The number of pyridine rings is 1. The van der Waals surface area contributed by atoms with E-state index in [1.807, 2.05) is 48.8 Å². The molecule has 0 fully saturated rings. The van der Waals surface area contributed by atoms with Gasteiger partial charge in [0.05, 0.1) is 17.6 Å². The summed E-state index contributed by atoms with van der Waals surface area (Å²) in [4.78, 5) is 14.0. The first-order valence-electron chi connectivity index (χ1n) is 19.8. The molecule has 0 radical (unpaired) electrons. The molecule has 0 aliphatic carbocycles. The van der Waals surface area contributed by atoms with E-state index < -0.39 is 0 Å². The maximum Gasteiger partial charge on any atom is 0.188 e. The number of aromatic nitrogens is 3. The molecule has 0 unspecified atom stereocenters. The van der Waals surface area contributed by atoms with E-state index in [4.69, 9.17) is 16.5 Å². The smallest absolute Gasteiger partial charge is 0.188 e. The fourth-order valence-corrected chi connectivity index (χ4v) is 7.06. The van der Waals surface area contributed by atoms with Crippen molar-refractivity contribution >= 4 is 28.0 Å². The van der Waals surface area contributed by atoms with E-state index >= 15 is 0 Å². The van der Waals surface area contributed by atoms with Gasteiger partial charge in [0, 0.05) is 56.1 Å². The molecule has 59 heavy (non-hydrogen) atoms. The Hall–Kier alpha value is -5.76. The number of para-hydroxylation sites is 2. The molecule has 5 aromatic carbocycles. The van der Waals surface area contributed by atoms with Crippen molar-refractivity contribution in [2.24, 2.45) is 0 Å². The predicted molar refractivity (Wildman–Crippen MR) is 242 cm³/mol. The Bertz CT molecular complexity index is 2700. The van der Waals surface area contributed by atoms with E-state index in [9.17, 15) is 5.11 Å². The minimum Gasteiger partial charge on any atom is -0.507 e. The number of anilines is 1. The van der Waals surface area contributed by atoms with Gasteiger partial charge in [-0.15, -0.1) is 29.3 Å². The van der Waals surface area contributed by atoms with Gasteiger partial charge in [-0.25, -0.2) is 9.83 Å². The van der Waals surface area contributed by atoms with Gasteiger partial charge in [0.25, 0.3) is 0 Å². The van der Waals surface area contributed by atoms with Gasteiger partial charge in [-0.05, 0) is 94.0 Å². The average molecular weight is 958 g/mol. The summed E-state index contributed by atoms with van der Waals surface area (Å²) >= 11 is 0. The van der Waals surface area contributed by atoms with Gasteiger partial charge in [-0.2, -0.15) is 0 Å². The van der Waals surface area contributed by atoms with Crippen molar-refractivity contribution in [1.29, 1.82) is 0 Å². The van der Waals surface area contributed by atoms with Crippen LogP contribution in [0, 0.1) is 12.6 Å². The van der Waals surface area contributed by atoms with Crippen molar-refractivity contribution in [3.05, 3.63) is 161 Å². The molecule has 0 amide bonds. The van der Waals surface area contributed by atoms with Crippen LogP contribution in [-0.2, 0) is 37.3 Å². The Morgan fingerprint density at radius 3 is 2.02 bits per heavy atom. The normalized spacial score (nSPS) is 12.3. The zero-order valence-corrected chi connectivity index (χ0v) is 37.9. The minimum absolute atomic E-state index is 0. The second-order valence-electron chi connectivity index (χ2n) is 18.2. The third-order valence-electron chi connectivity index (χ3n) is 10.7. The second-order valence-corrected chi connectivity index (χ2v) is 18.2. The molecular weight excluding hydrogens is 906 g/mol. The average Bonchev–Trinajstić information content (AvgIpc) is 3.59. The van der Waals surface area contributed by atoms with Crippen molar-refractivity contribution in [2.75, 3.05) is 5.32 Å². The quantitative estimate of drug-likeness (QED) is 0.156. The van der Waals surface area contributed by atoms with E-state index in [2.05, 4.69) is 145 Å². The van der Waals surface area contributed by atoms with Gasteiger partial charge in [0.15, 0.2) is 5.69 Å². The summed E-state index contributed by atoms with van der Waals surface area (Å²) in [6.07, 6.45) is 3.88. The van der Waals surface area contributed by atoms with E-state index in [0.717, 1.165) is 61.5 Å². The first-order valence-corrected chi connectivity index (χ1v) is 19.8. The number of hydrogen-bond donors (Lipinski definition) is 2. The summed E-state index contributed by atoms with van der Waals surface area (Å²) in [5.74, 6) is 0.621. The summed E-state index contributed by atoms with van der Waals surface area (Å²) < 4.78 is 2.14. The number of nitrogens with one attached hydrogen (secondary N) is 1. The maximum absolute atomic E-state index is 11.4. The molecule has 0 aliphatic rings. The van der Waals surface area contributed by atoms with Crippen molar-refractivity contribution in [1.82, 2.24) is 14.5 Å². The molecular formula is C52H52N5OPt-. The summed E-state index contributed by atoms with van der Waals surface area (Å²) in [5.41, 5.74) is 13.3. The first kappa shape index (κ1) is 42.8. The number of aromatic hydroxyl groups is 1. The molecule has 0 saturated carbocycles. The van der Waals surface area contributed by atoms with Gasteiger partial charge in [0.2, 0.25) is 0 Å². The van der Waals surface area contributed by atoms with Gasteiger partial charge in [-0.1, -0.05) is 122 Å². The van der Waals surface area contributed by atoms with Crippen LogP contribution in [0.25, 0.3) is 60.9 Å². The van der Waals surface area contributed by atoms with E-state index in [-0.39, 0.29) is 43.1 Å². The largest absolute Gasteiger partial charge is 0.507 e. The zero-order chi connectivity index (χ0) is 41.6.